The number of carbonyl (C=O) groups is 1. The zero-order valence-corrected chi connectivity index (χ0v) is 15.5. The lowest BCUT2D eigenvalue weighted by atomic mass is 9.90. The van der Waals surface area contributed by atoms with Crippen LogP contribution in [0, 0.1) is 5.82 Å². The summed E-state index contributed by atoms with van der Waals surface area (Å²) in [6, 6.07) is 6.17. The van der Waals surface area contributed by atoms with Gasteiger partial charge in [0.25, 0.3) is 5.91 Å². The quantitative estimate of drug-likeness (QED) is 0.495. The van der Waals surface area contributed by atoms with Crippen molar-refractivity contribution < 1.29 is 32.7 Å². The van der Waals surface area contributed by atoms with Crippen LogP contribution in [0.2, 0.25) is 0 Å². The third kappa shape index (κ3) is 3.85. The summed E-state index contributed by atoms with van der Waals surface area (Å²) in [7, 11) is -3.99. The molecule has 3 rings (SSSR count). The Bertz CT molecular complexity index is 779. The van der Waals surface area contributed by atoms with E-state index in [2.05, 4.69) is 0 Å². The molecule has 2 fully saturated rings. The van der Waals surface area contributed by atoms with E-state index < -0.39 is 33.4 Å². The van der Waals surface area contributed by atoms with E-state index in [0.29, 0.717) is 12.8 Å². The zero-order chi connectivity index (χ0) is 19.7. The van der Waals surface area contributed by atoms with Gasteiger partial charge in [-0.25, -0.2) is 22.6 Å². The molecule has 0 aliphatic carbocycles. The van der Waals surface area contributed by atoms with Crippen LogP contribution in [0.1, 0.15) is 30.7 Å². The number of aliphatic hydroxyl groups is 1. The third-order valence-electron chi connectivity index (χ3n) is 5.39. The van der Waals surface area contributed by atoms with Crippen molar-refractivity contribution in [3.8, 4) is 0 Å². The van der Waals surface area contributed by atoms with Crippen LogP contribution in [0.15, 0.2) is 24.3 Å². The van der Waals surface area contributed by atoms with Crippen molar-refractivity contribution in [3.05, 3.63) is 35.6 Å². The van der Waals surface area contributed by atoms with Gasteiger partial charge < -0.3 is 9.84 Å². The number of benzene rings is 1. The maximum absolute atomic E-state index is 13.1. The Labute approximate surface area is 156 Å². The number of sulfonamides is 1. The molecule has 2 unspecified atom stereocenters. The summed E-state index contributed by atoms with van der Waals surface area (Å²) < 4.78 is 45.5. The predicted molar refractivity (Wildman–Crippen MR) is 93.0 cm³/mol. The molecule has 0 aromatic heterocycles. The largest absolute Gasteiger partial charge is 0.378 e. The molecule has 27 heavy (non-hydrogen) atoms. The normalized spacial score (nSPS) is 28.0. The molecule has 2 saturated heterocycles. The van der Waals surface area contributed by atoms with Crippen LogP contribution in [-0.2, 0) is 19.6 Å². The molecule has 8 nitrogen and oxygen atoms in total. The van der Waals surface area contributed by atoms with Crippen LogP contribution in [0.4, 0.5) is 4.39 Å². The van der Waals surface area contributed by atoms with Gasteiger partial charge >= 0.3 is 0 Å². The summed E-state index contributed by atoms with van der Waals surface area (Å²) in [5.41, 5.74) is -0.0625. The zero-order valence-electron chi connectivity index (χ0n) is 14.7. The Morgan fingerprint density at radius 2 is 1.85 bits per heavy atom. The number of rotatable bonds is 4. The second kappa shape index (κ2) is 7.80. The van der Waals surface area contributed by atoms with Gasteiger partial charge in [-0.1, -0.05) is 12.1 Å². The molecule has 1 amide bonds. The molecule has 2 aliphatic rings. The van der Waals surface area contributed by atoms with Crippen molar-refractivity contribution in [1.29, 1.82) is 0 Å². The Kier molecular flexibility index (Phi) is 5.82. The van der Waals surface area contributed by atoms with Gasteiger partial charge in [0.15, 0.2) is 5.60 Å². The topological polar surface area (TPSA) is 116 Å². The lowest BCUT2D eigenvalue weighted by Crippen LogP contribution is -2.64. The number of nitrogens with zero attached hydrogens (tertiary/aromatic N) is 1. The van der Waals surface area contributed by atoms with Crippen LogP contribution < -0.4 is 5.48 Å². The fourth-order valence-corrected chi connectivity index (χ4v) is 5.95. The van der Waals surface area contributed by atoms with Crippen molar-refractivity contribution >= 4 is 15.9 Å². The lowest BCUT2D eigenvalue weighted by Gasteiger charge is -2.41. The molecule has 1 aromatic carbocycles. The molecule has 1 aromatic rings. The standard InChI is InChI=1S/C17H23FN2O6S/c18-14-3-1-12(2-4-14)13-5-8-20(9-6-13)27(24,25)15-7-10-26-11-17(15,22)16(21)19-23/h1-4,13,15,22-23H,5-11H2,(H,19,21). The Morgan fingerprint density at radius 1 is 1.22 bits per heavy atom. The number of piperidine rings is 1. The highest BCUT2D eigenvalue weighted by atomic mass is 32.2. The van der Waals surface area contributed by atoms with Gasteiger partial charge in [0.2, 0.25) is 10.0 Å². The number of hydroxylamine groups is 1. The molecule has 0 saturated carbocycles. The van der Waals surface area contributed by atoms with Crippen LogP contribution in [0.5, 0.6) is 0 Å². The molecular formula is C17H23FN2O6S. The summed E-state index contributed by atoms with van der Waals surface area (Å²) in [4.78, 5) is 11.9. The molecule has 3 N–H and O–H groups in total. The second-order valence-corrected chi connectivity index (χ2v) is 9.08. The van der Waals surface area contributed by atoms with E-state index in [-0.39, 0.29) is 37.9 Å². The van der Waals surface area contributed by atoms with Gasteiger partial charge in [0, 0.05) is 19.7 Å². The molecule has 150 valence electrons. The molecule has 2 atom stereocenters. The van der Waals surface area contributed by atoms with Crippen molar-refractivity contribution in [2.24, 2.45) is 0 Å². The third-order valence-corrected chi connectivity index (χ3v) is 7.82. The average Bonchev–Trinajstić information content (AvgIpc) is 2.68. The number of carbonyl (C=O) groups excluding carboxylic acids is 1. The number of nitrogens with one attached hydrogen (secondary N) is 1. The molecule has 0 spiro atoms. The number of halogens is 1. The maximum atomic E-state index is 13.1. The summed E-state index contributed by atoms with van der Waals surface area (Å²) in [5.74, 6) is -1.40. The predicted octanol–water partition coefficient (Wildman–Crippen LogP) is 0.360. The first-order valence-electron chi connectivity index (χ1n) is 8.78. The van der Waals surface area contributed by atoms with Crippen LogP contribution in [0.3, 0.4) is 0 Å². The van der Waals surface area contributed by atoms with Crippen LogP contribution in [-0.4, -0.2) is 66.1 Å². The first-order valence-corrected chi connectivity index (χ1v) is 10.3. The second-order valence-electron chi connectivity index (χ2n) is 6.96. The van der Waals surface area contributed by atoms with E-state index in [1.165, 1.54) is 21.9 Å². The van der Waals surface area contributed by atoms with E-state index in [1.54, 1.807) is 12.1 Å². The van der Waals surface area contributed by atoms with E-state index >= 15 is 0 Å². The maximum Gasteiger partial charge on any atom is 0.279 e. The summed E-state index contributed by atoms with van der Waals surface area (Å²) >= 11 is 0. The van der Waals surface area contributed by atoms with E-state index in [1.807, 2.05) is 0 Å². The van der Waals surface area contributed by atoms with Gasteiger partial charge in [-0.3, -0.25) is 10.0 Å². The van der Waals surface area contributed by atoms with Gasteiger partial charge in [-0.2, -0.15) is 0 Å². The number of ether oxygens (including phenoxy) is 1. The molecule has 2 heterocycles. The summed E-state index contributed by atoms with van der Waals surface area (Å²) in [6.07, 6.45) is 1.06. The highest BCUT2D eigenvalue weighted by Crippen LogP contribution is 2.34. The molecular weight excluding hydrogens is 379 g/mol. The number of hydrogen-bond acceptors (Lipinski definition) is 6. The fourth-order valence-electron chi connectivity index (χ4n) is 3.81. The minimum Gasteiger partial charge on any atom is -0.378 e. The highest BCUT2D eigenvalue weighted by Gasteiger charge is 2.54. The van der Waals surface area contributed by atoms with Gasteiger partial charge in [0.1, 0.15) is 11.1 Å². The van der Waals surface area contributed by atoms with E-state index in [9.17, 15) is 22.7 Å². The molecule has 0 bridgehead atoms. The minimum absolute atomic E-state index is 0.0514. The van der Waals surface area contributed by atoms with Crippen molar-refractivity contribution in [2.45, 2.75) is 36.0 Å². The van der Waals surface area contributed by atoms with E-state index in [0.717, 1.165) is 5.56 Å². The summed E-state index contributed by atoms with van der Waals surface area (Å²) in [5, 5.41) is 18.1. The van der Waals surface area contributed by atoms with Crippen molar-refractivity contribution in [3.63, 3.8) is 0 Å². The van der Waals surface area contributed by atoms with Crippen molar-refractivity contribution in [1.82, 2.24) is 9.79 Å². The van der Waals surface area contributed by atoms with Gasteiger partial charge in [-0.05, 0) is 42.9 Å². The average molecular weight is 402 g/mol. The van der Waals surface area contributed by atoms with Crippen LogP contribution >= 0.6 is 0 Å². The SMILES string of the molecule is O=C(NO)C1(O)COCCC1S(=O)(=O)N1CCC(c2ccc(F)cc2)CC1. The van der Waals surface area contributed by atoms with E-state index in [4.69, 9.17) is 9.94 Å². The highest BCUT2D eigenvalue weighted by molar-refractivity contribution is 7.89. The minimum atomic E-state index is -3.99. The van der Waals surface area contributed by atoms with Crippen molar-refractivity contribution in [2.75, 3.05) is 26.3 Å². The molecule has 2 aliphatic heterocycles. The number of hydrogen-bond donors (Lipinski definition) is 3. The number of amides is 1. The first-order chi connectivity index (χ1) is 12.8. The lowest BCUT2D eigenvalue weighted by molar-refractivity contribution is -0.161. The van der Waals surface area contributed by atoms with Gasteiger partial charge in [-0.15, -0.1) is 0 Å². The monoisotopic (exact) mass is 402 g/mol. The Balaban J connectivity index is 1.74. The molecule has 10 heteroatoms. The summed E-state index contributed by atoms with van der Waals surface area (Å²) in [6.45, 7) is 0.0589. The molecule has 0 radical (unpaired) electrons. The fraction of sp³-hybridized carbons (Fsp3) is 0.588. The van der Waals surface area contributed by atoms with Gasteiger partial charge in [0.05, 0.1) is 6.61 Å². The first kappa shape index (κ1) is 20.2. The Morgan fingerprint density at radius 3 is 2.44 bits per heavy atom. The Hall–Kier alpha value is -1.59. The van der Waals surface area contributed by atoms with Crippen LogP contribution in [0.25, 0.3) is 0 Å². The smallest absolute Gasteiger partial charge is 0.279 e.